The maximum Gasteiger partial charge on any atom is 0.237 e. The van der Waals surface area contributed by atoms with E-state index in [0.717, 1.165) is 9.79 Å². The molecule has 134 valence electrons. The molecule has 3 nitrogen and oxygen atoms in total. The van der Waals surface area contributed by atoms with Gasteiger partial charge in [-0.3, -0.25) is 14.5 Å². The monoisotopic (exact) mass is 493 g/mol. The van der Waals surface area contributed by atoms with Crippen LogP contribution in [0.5, 0.6) is 0 Å². The summed E-state index contributed by atoms with van der Waals surface area (Å²) >= 11 is 8.91. The van der Waals surface area contributed by atoms with Crippen LogP contribution in [0.3, 0.4) is 0 Å². The Hall–Kier alpha value is -1.11. The van der Waals surface area contributed by atoms with Crippen LogP contribution >= 0.6 is 43.6 Å². The first-order valence-corrected chi connectivity index (χ1v) is 11.2. The molecule has 4 atom stereocenters. The molecule has 6 heteroatoms. The van der Waals surface area contributed by atoms with Crippen molar-refractivity contribution in [1.29, 1.82) is 0 Å². The lowest BCUT2D eigenvalue weighted by Crippen LogP contribution is -2.34. The van der Waals surface area contributed by atoms with Crippen LogP contribution in [0, 0.1) is 11.8 Å². The molecule has 26 heavy (non-hydrogen) atoms. The first kappa shape index (κ1) is 18.3. The third-order valence-corrected chi connectivity index (χ3v) is 8.73. The predicted octanol–water partition coefficient (Wildman–Crippen LogP) is 5.26. The van der Waals surface area contributed by atoms with E-state index in [2.05, 4.69) is 44.0 Å². The third-order valence-electron chi connectivity index (χ3n) is 4.99. The number of hydrogen-bond acceptors (Lipinski definition) is 3. The van der Waals surface area contributed by atoms with E-state index in [9.17, 15) is 9.59 Å². The van der Waals surface area contributed by atoms with Gasteiger partial charge in [-0.25, -0.2) is 0 Å². The Morgan fingerprint density at radius 1 is 0.769 bits per heavy atom. The minimum absolute atomic E-state index is 0.0627. The summed E-state index contributed by atoms with van der Waals surface area (Å²) < 4.78 is 0. The number of nitrogens with zero attached hydrogens (tertiary/aromatic N) is 1. The van der Waals surface area contributed by atoms with Crippen molar-refractivity contribution in [3.8, 4) is 0 Å². The molecule has 0 aromatic heterocycles. The van der Waals surface area contributed by atoms with E-state index in [0.29, 0.717) is 18.5 Å². The van der Waals surface area contributed by atoms with Gasteiger partial charge >= 0.3 is 0 Å². The summed E-state index contributed by atoms with van der Waals surface area (Å²) in [7, 11) is 0. The second-order valence-corrected chi connectivity index (χ2v) is 10.1. The van der Waals surface area contributed by atoms with E-state index in [1.54, 1.807) is 11.8 Å². The summed E-state index contributed by atoms with van der Waals surface area (Å²) in [5.41, 5.74) is 0.670. The highest BCUT2D eigenvalue weighted by molar-refractivity contribution is 9.12. The zero-order chi connectivity index (χ0) is 18.3. The smallest absolute Gasteiger partial charge is 0.237 e. The van der Waals surface area contributed by atoms with Gasteiger partial charge in [-0.2, -0.15) is 0 Å². The molecule has 1 aliphatic heterocycles. The van der Waals surface area contributed by atoms with Crippen LogP contribution in [0.2, 0.25) is 0 Å². The Morgan fingerprint density at radius 3 is 1.81 bits per heavy atom. The molecule has 0 bridgehead atoms. The highest BCUT2D eigenvalue weighted by Gasteiger charge is 2.52. The summed E-state index contributed by atoms with van der Waals surface area (Å²) in [6, 6.07) is 17.8. The molecule has 4 unspecified atom stereocenters. The molecule has 2 fully saturated rings. The van der Waals surface area contributed by atoms with Gasteiger partial charge in [0.15, 0.2) is 0 Å². The van der Waals surface area contributed by atoms with Gasteiger partial charge in [-0.1, -0.05) is 61.8 Å². The van der Waals surface area contributed by atoms with Crippen molar-refractivity contribution in [2.45, 2.75) is 32.3 Å². The number of carbonyl (C=O) groups excluding carboxylic acids is 2. The quantitative estimate of drug-likeness (QED) is 0.431. The fourth-order valence-electron chi connectivity index (χ4n) is 3.64. The van der Waals surface area contributed by atoms with Gasteiger partial charge in [0.05, 0.1) is 17.5 Å². The van der Waals surface area contributed by atoms with Gasteiger partial charge in [-0.15, -0.1) is 0 Å². The molecule has 2 aliphatic rings. The van der Waals surface area contributed by atoms with Crippen molar-refractivity contribution in [1.82, 2.24) is 0 Å². The molecule has 1 saturated carbocycles. The maximum absolute atomic E-state index is 12.8. The predicted molar refractivity (Wildman–Crippen MR) is 111 cm³/mol. The lowest BCUT2D eigenvalue weighted by molar-refractivity contribution is -0.122. The maximum atomic E-state index is 12.8. The number of benzene rings is 2. The molecule has 2 aromatic rings. The fourth-order valence-corrected chi connectivity index (χ4v) is 5.71. The number of amides is 2. The molecule has 1 heterocycles. The van der Waals surface area contributed by atoms with Crippen LogP contribution in [-0.4, -0.2) is 21.5 Å². The van der Waals surface area contributed by atoms with Crippen LogP contribution in [0.4, 0.5) is 5.69 Å². The van der Waals surface area contributed by atoms with Gasteiger partial charge in [0.2, 0.25) is 11.8 Å². The minimum atomic E-state index is -0.209. The van der Waals surface area contributed by atoms with Crippen LogP contribution in [0.15, 0.2) is 64.4 Å². The summed E-state index contributed by atoms with van der Waals surface area (Å²) in [5, 5.41) is 0. The van der Waals surface area contributed by atoms with Gasteiger partial charge in [0.25, 0.3) is 0 Å². The molecule has 0 radical (unpaired) electrons. The molecule has 1 saturated heterocycles. The van der Waals surface area contributed by atoms with Crippen LogP contribution in [0.1, 0.15) is 12.8 Å². The SMILES string of the molecule is O=C1C2CC(Br)C(Br)CC2C(=O)N1c1ccc(Sc2ccccc2)cc1. The Bertz CT molecular complexity index is 799. The molecule has 2 aromatic carbocycles. The molecule has 2 amide bonds. The Labute approximate surface area is 173 Å². The lowest BCUT2D eigenvalue weighted by Gasteiger charge is -2.29. The zero-order valence-corrected chi connectivity index (χ0v) is 17.8. The van der Waals surface area contributed by atoms with Gasteiger partial charge in [-0.05, 0) is 49.2 Å². The standard InChI is InChI=1S/C20H17Br2NO2S/c21-17-10-15-16(11-18(17)22)20(25)23(19(15)24)12-6-8-14(9-7-12)26-13-4-2-1-3-5-13/h1-9,15-18H,10-11H2. The Balaban J connectivity index is 1.54. The minimum Gasteiger partial charge on any atom is -0.274 e. The second-order valence-electron chi connectivity index (χ2n) is 6.64. The van der Waals surface area contributed by atoms with E-state index in [1.165, 1.54) is 4.90 Å². The lowest BCUT2D eigenvalue weighted by atomic mass is 9.81. The summed E-state index contributed by atoms with van der Waals surface area (Å²) in [4.78, 5) is 29.8. The molecule has 4 rings (SSSR count). The normalized spacial score (nSPS) is 28.3. The number of hydrogen-bond donors (Lipinski definition) is 0. The van der Waals surface area contributed by atoms with Crippen molar-refractivity contribution in [3.05, 3.63) is 54.6 Å². The van der Waals surface area contributed by atoms with E-state index >= 15 is 0 Å². The number of imide groups is 1. The first-order valence-electron chi connectivity index (χ1n) is 8.53. The van der Waals surface area contributed by atoms with Crippen molar-refractivity contribution < 1.29 is 9.59 Å². The molecule has 0 N–H and O–H groups in total. The Kier molecular flexibility index (Phi) is 5.26. The van der Waals surface area contributed by atoms with E-state index in [4.69, 9.17) is 0 Å². The third kappa shape index (κ3) is 3.39. The number of rotatable bonds is 3. The van der Waals surface area contributed by atoms with E-state index < -0.39 is 0 Å². The highest BCUT2D eigenvalue weighted by atomic mass is 79.9. The molecule has 0 spiro atoms. The Morgan fingerprint density at radius 2 is 1.27 bits per heavy atom. The topological polar surface area (TPSA) is 37.4 Å². The van der Waals surface area contributed by atoms with Crippen molar-refractivity contribution >= 4 is 61.1 Å². The highest BCUT2D eigenvalue weighted by Crippen LogP contribution is 2.44. The summed E-state index contributed by atoms with van der Waals surface area (Å²) in [6.07, 6.45) is 1.40. The number of halogens is 2. The number of carbonyl (C=O) groups is 2. The fraction of sp³-hybridized carbons (Fsp3) is 0.300. The number of alkyl halides is 2. The van der Waals surface area contributed by atoms with Crippen molar-refractivity contribution in [2.24, 2.45) is 11.8 Å². The van der Waals surface area contributed by atoms with Crippen LogP contribution in [0.25, 0.3) is 0 Å². The zero-order valence-electron chi connectivity index (χ0n) is 13.8. The van der Waals surface area contributed by atoms with Crippen molar-refractivity contribution in [2.75, 3.05) is 4.90 Å². The molecular weight excluding hydrogens is 478 g/mol. The summed E-state index contributed by atoms with van der Waals surface area (Å²) in [5.74, 6) is -0.544. The first-order chi connectivity index (χ1) is 12.5. The summed E-state index contributed by atoms with van der Waals surface area (Å²) in [6.45, 7) is 0. The number of fused-ring (bicyclic) bond motifs is 1. The molecule has 1 aliphatic carbocycles. The second kappa shape index (κ2) is 7.49. The molecular formula is C20H17Br2NO2S. The average molecular weight is 495 g/mol. The number of anilines is 1. The van der Waals surface area contributed by atoms with E-state index in [1.807, 2.05) is 42.5 Å². The van der Waals surface area contributed by atoms with E-state index in [-0.39, 0.29) is 33.3 Å². The largest absolute Gasteiger partial charge is 0.274 e. The van der Waals surface area contributed by atoms with Crippen molar-refractivity contribution in [3.63, 3.8) is 0 Å². The van der Waals surface area contributed by atoms with Gasteiger partial charge in [0, 0.05) is 19.4 Å². The van der Waals surface area contributed by atoms with Gasteiger partial charge in [0.1, 0.15) is 0 Å². The average Bonchev–Trinajstić information content (AvgIpc) is 2.88. The van der Waals surface area contributed by atoms with Crippen LogP contribution < -0.4 is 4.90 Å². The van der Waals surface area contributed by atoms with Crippen LogP contribution in [-0.2, 0) is 9.59 Å². The van der Waals surface area contributed by atoms with Gasteiger partial charge < -0.3 is 0 Å².